The average Bonchev–Trinajstić information content (AvgIpc) is 3.23. The van der Waals surface area contributed by atoms with Crippen molar-refractivity contribution in [3.05, 3.63) is 62.7 Å². The Morgan fingerprint density at radius 3 is 2.64 bits per heavy atom. The predicted octanol–water partition coefficient (Wildman–Crippen LogP) is 3.36. The highest BCUT2D eigenvalue weighted by molar-refractivity contribution is 5.88. The smallest absolute Gasteiger partial charge is 0.271 e. The van der Waals surface area contributed by atoms with E-state index in [2.05, 4.69) is 14.9 Å². The first-order chi connectivity index (χ1) is 15.9. The molecule has 1 N–H and O–H groups in total. The van der Waals surface area contributed by atoms with Crippen molar-refractivity contribution in [3.63, 3.8) is 0 Å². The van der Waals surface area contributed by atoms with E-state index in [-0.39, 0.29) is 22.1 Å². The summed E-state index contributed by atoms with van der Waals surface area (Å²) in [7, 11) is 2.04. The number of hydrogen-bond donors (Lipinski definition) is 1. The third-order valence-electron chi connectivity index (χ3n) is 6.26. The fraction of sp³-hybridized carbons (Fsp3) is 0.304. The van der Waals surface area contributed by atoms with Gasteiger partial charge in [-0.1, -0.05) is 0 Å². The molecule has 2 aromatic heterocycles. The van der Waals surface area contributed by atoms with Crippen LogP contribution in [0.3, 0.4) is 0 Å². The van der Waals surface area contributed by atoms with Crippen LogP contribution < -0.4 is 10.3 Å². The van der Waals surface area contributed by atoms with Crippen LogP contribution in [0, 0.1) is 15.9 Å². The van der Waals surface area contributed by atoms with Gasteiger partial charge in [0.25, 0.3) is 5.69 Å². The largest absolute Gasteiger partial charge is 0.367 e. The zero-order chi connectivity index (χ0) is 23.3. The molecule has 2 aromatic carbocycles. The fourth-order valence-electron chi connectivity index (χ4n) is 4.36. The Labute approximate surface area is 188 Å². The zero-order valence-corrected chi connectivity index (χ0v) is 18.3. The first-order valence-corrected chi connectivity index (χ1v) is 10.8. The lowest BCUT2D eigenvalue weighted by Crippen LogP contribution is -2.44. The Kier molecular flexibility index (Phi) is 5.09. The summed E-state index contributed by atoms with van der Waals surface area (Å²) in [4.78, 5) is 35.6. The minimum atomic E-state index is -0.485. The van der Waals surface area contributed by atoms with E-state index in [0.717, 1.165) is 26.2 Å². The molecule has 0 unspecified atom stereocenters. The number of halogens is 1. The molecule has 4 aromatic rings. The Bertz CT molecular complexity index is 1450. The number of aromatic nitrogens is 3. The van der Waals surface area contributed by atoms with Crippen LogP contribution in [-0.2, 0) is 6.54 Å². The maximum absolute atomic E-state index is 15.1. The number of nitro benzene ring substituents is 1. The highest BCUT2D eigenvalue weighted by Crippen LogP contribution is 2.28. The van der Waals surface area contributed by atoms with Gasteiger partial charge in [-0.05, 0) is 32.2 Å². The van der Waals surface area contributed by atoms with Gasteiger partial charge in [0.2, 0.25) is 0 Å². The number of nitro groups is 1. The standard InChI is InChI=1S/C23H23FN6O3/c1-3-28-13-16(23-25-18-5-4-14(30(32)33)10-19(18)26-23)22(31)15-11-17(24)21(12-20(15)28)29-8-6-27(2)7-9-29/h4-5,10-13H,3,6-9H2,1-2H3,(H,25,26). The number of likely N-dealkylation sites (N-methyl/N-ethyl adjacent to an activating group) is 1. The van der Waals surface area contributed by atoms with E-state index in [4.69, 9.17) is 0 Å². The number of anilines is 1. The van der Waals surface area contributed by atoms with Gasteiger partial charge >= 0.3 is 0 Å². The quantitative estimate of drug-likeness (QED) is 0.378. The van der Waals surface area contributed by atoms with Crippen LogP contribution in [0.25, 0.3) is 33.3 Å². The van der Waals surface area contributed by atoms with Gasteiger partial charge in [-0.15, -0.1) is 0 Å². The van der Waals surface area contributed by atoms with Crippen molar-refractivity contribution in [2.75, 3.05) is 38.1 Å². The number of nitrogens with zero attached hydrogens (tertiary/aromatic N) is 5. The number of rotatable bonds is 4. The Morgan fingerprint density at radius 2 is 1.94 bits per heavy atom. The van der Waals surface area contributed by atoms with Crippen molar-refractivity contribution >= 4 is 33.3 Å². The van der Waals surface area contributed by atoms with Crippen molar-refractivity contribution < 1.29 is 9.31 Å². The maximum Gasteiger partial charge on any atom is 0.271 e. The van der Waals surface area contributed by atoms with E-state index >= 15 is 4.39 Å². The number of fused-ring (bicyclic) bond motifs is 2. The third kappa shape index (κ3) is 3.62. The number of benzene rings is 2. The summed E-state index contributed by atoms with van der Waals surface area (Å²) in [5, 5.41) is 11.3. The van der Waals surface area contributed by atoms with Crippen LogP contribution in [0.15, 0.2) is 41.3 Å². The summed E-state index contributed by atoms with van der Waals surface area (Å²) < 4.78 is 17.1. The summed E-state index contributed by atoms with van der Waals surface area (Å²) in [5.74, 6) is -0.132. The zero-order valence-electron chi connectivity index (χ0n) is 18.3. The van der Waals surface area contributed by atoms with E-state index in [1.165, 1.54) is 24.3 Å². The van der Waals surface area contributed by atoms with Gasteiger partial charge < -0.3 is 19.4 Å². The molecule has 170 valence electrons. The first-order valence-electron chi connectivity index (χ1n) is 10.8. The van der Waals surface area contributed by atoms with E-state index in [1.807, 2.05) is 23.4 Å². The molecular weight excluding hydrogens is 427 g/mol. The molecule has 10 heteroatoms. The number of imidazole rings is 1. The number of nitrogens with one attached hydrogen (secondary N) is 1. The molecule has 0 radical (unpaired) electrons. The lowest BCUT2D eigenvalue weighted by Gasteiger charge is -2.34. The highest BCUT2D eigenvalue weighted by Gasteiger charge is 2.21. The molecule has 0 atom stereocenters. The molecule has 1 aliphatic rings. The molecule has 1 saturated heterocycles. The molecule has 0 spiro atoms. The fourth-order valence-corrected chi connectivity index (χ4v) is 4.36. The van der Waals surface area contributed by atoms with Gasteiger partial charge in [-0.2, -0.15) is 0 Å². The van der Waals surface area contributed by atoms with Crippen LogP contribution in [0.4, 0.5) is 15.8 Å². The number of pyridine rings is 1. The molecule has 0 saturated carbocycles. The Morgan fingerprint density at radius 1 is 1.18 bits per heavy atom. The Hall–Kier alpha value is -3.79. The molecule has 33 heavy (non-hydrogen) atoms. The second kappa shape index (κ2) is 7.96. The summed E-state index contributed by atoms with van der Waals surface area (Å²) in [6.07, 6.45) is 1.71. The Balaban J connectivity index is 1.65. The molecule has 0 aliphatic carbocycles. The highest BCUT2D eigenvalue weighted by atomic mass is 19.1. The van der Waals surface area contributed by atoms with Crippen molar-refractivity contribution in [1.29, 1.82) is 0 Å². The second-order valence-corrected chi connectivity index (χ2v) is 8.31. The molecule has 1 aliphatic heterocycles. The molecule has 3 heterocycles. The molecular formula is C23H23FN6O3. The lowest BCUT2D eigenvalue weighted by atomic mass is 10.1. The number of non-ortho nitro benzene ring substituents is 1. The number of piperazine rings is 1. The van der Waals surface area contributed by atoms with E-state index in [0.29, 0.717) is 34.6 Å². The molecule has 0 amide bonds. The van der Waals surface area contributed by atoms with Gasteiger partial charge in [0, 0.05) is 56.4 Å². The SMILES string of the molecule is CCn1cc(-c2nc3ccc([N+](=O)[O-])cc3[nH]2)c(=O)c2cc(F)c(N3CCN(C)CC3)cc21. The normalized spacial score (nSPS) is 14.9. The van der Waals surface area contributed by atoms with Crippen LogP contribution in [0.5, 0.6) is 0 Å². The molecule has 0 bridgehead atoms. The summed E-state index contributed by atoms with van der Waals surface area (Å²) in [6, 6.07) is 7.36. The van der Waals surface area contributed by atoms with Crippen molar-refractivity contribution in [2.45, 2.75) is 13.5 Å². The summed E-state index contributed by atoms with van der Waals surface area (Å²) in [5.41, 5.74) is 2.00. The van der Waals surface area contributed by atoms with Gasteiger partial charge in [0.15, 0.2) is 5.43 Å². The van der Waals surface area contributed by atoms with Crippen LogP contribution in [-0.4, -0.2) is 57.6 Å². The molecule has 5 rings (SSSR count). The monoisotopic (exact) mass is 450 g/mol. The van der Waals surface area contributed by atoms with E-state index in [9.17, 15) is 14.9 Å². The topological polar surface area (TPSA) is 100 Å². The minimum absolute atomic E-state index is 0.0688. The minimum Gasteiger partial charge on any atom is -0.367 e. The molecule has 9 nitrogen and oxygen atoms in total. The van der Waals surface area contributed by atoms with E-state index in [1.54, 1.807) is 12.3 Å². The maximum atomic E-state index is 15.1. The summed E-state index contributed by atoms with van der Waals surface area (Å²) >= 11 is 0. The third-order valence-corrected chi connectivity index (χ3v) is 6.26. The molecule has 1 fully saturated rings. The van der Waals surface area contributed by atoms with Crippen LogP contribution >= 0.6 is 0 Å². The lowest BCUT2D eigenvalue weighted by molar-refractivity contribution is -0.384. The predicted molar refractivity (Wildman–Crippen MR) is 125 cm³/mol. The van der Waals surface area contributed by atoms with Crippen LogP contribution in [0.1, 0.15) is 6.92 Å². The van der Waals surface area contributed by atoms with Crippen molar-refractivity contribution in [2.24, 2.45) is 0 Å². The van der Waals surface area contributed by atoms with Crippen molar-refractivity contribution in [3.8, 4) is 11.4 Å². The number of H-pyrrole nitrogens is 1. The number of hydrogen-bond acceptors (Lipinski definition) is 6. The number of aromatic amines is 1. The first kappa shape index (κ1) is 21.1. The number of aryl methyl sites for hydroxylation is 1. The average molecular weight is 450 g/mol. The second-order valence-electron chi connectivity index (χ2n) is 8.31. The van der Waals surface area contributed by atoms with Gasteiger partial charge in [0.1, 0.15) is 11.6 Å². The van der Waals surface area contributed by atoms with Crippen molar-refractivity contribution in [1.82, 2.24) is 19.4 Å². The van der Waals surface area contributed by atoms with Gasteiger partial charge in [-0.25, -0.2) is 9.37 Å². The summed E-state index contributed by atoms with van der Waals surface area (Å²) in [6.45, 7) is 5.66. The van der Waals surface area contributed by atoms with Gasteiger partial charge in [-0.3, -0.25) is 14.9 Å². The van der Waals surface area contributed by atoms with Crippen LogP contribution in [0.2, 0.25) is 0 Å². The van der Waals surface area contributed by atoms with E-state index < -0.39 is 10.7 Å². The van der Waals surface area contributed by atoms with Gasteiger partial charge in [0.05, 0.1) is 32.7 Å².